The minimum Gasteiger partial charge on any atom is -0.341 e. The highest BCUT2D eigenvalue weighted by Gasteiger charge is 2.26. The van der Waals surface area contributed by atoms with E-state index in [0.717, 1.165) is 12.1 Å². The van der Waals surface area contributed by atoms with Gasteiger partial charge in [0.1, 0.15) is 0 Å². The molecule has 1 amide bonds. The zero-order chi connectivity index (χ0) is 17.1. The number of carbonyl (C=O) groups excluding carboxylic acids is 1. The number of amides is 1. The molecule has 8 heteroatoms. The number of piperidine rings is 1. The first kappa shape index (κ1) is 16.2. The maximum absolute atomic E-state index is 13.2. The molecule has 1 aliphatic heterocycles. The molecule has 2 heterocycles. The van der Waals surface area contributed by atoms with Gasteiger partial charge in [-0.25, -0.2) is 23.1 Å². The lowest BCUT2D eigenvalue weighted by atomic mass is 9.96. The van der Waals surface area contributed by atoms with Crippen LogP contribution in [0.5, 0.6) is 0 Å². The molecule has 0 spiro atoms. The van der Waals surface area contributed by atoms with Crippen molar-refractivity contribution >= 4 is 17.5 Å². The van der Waals surface area contributed by atoms with Crippen LogP contribution >= 0.6 is 0 Å². The van der Waals surface area contributed by atoms with Crippen molar-refractivity contribution < 1.29 is 18.0 Å². The number of hydrogen-bond donors (Lipinski definition) is 1. The van der Waals surface area contributed by atoms with Crippen LogP contribution in [0.15, 0.2) is 30.6 Å². The molecule has 1 saturated heterocycles. The fourth-order valence-electron chi connectivity index (χ4n) is 2.67. The molecule has 0 radical (unpaired) electrons. The van der Waals surface area contributed by atoms with Crippen LogP contribution in [0, 0.1) is 23.4 Å². The van der Waals surface area contributed by atoms with Crippen molar-refractivity contribution in [3.8, 4) is 0 Å². The lowest BCUT2D eigenvalue weighted by Crippen LogP contribution is -2.39. The number of nitrogens with zero attached hydrogens (tertiary/aromatic N) is 3. The van der Waals surface area contributed by atoms with Gasteiger partial charge in [0.25, 0.3) is 0 Å². The zero-order valence-corrected chi connectivity index (χ0v) is 12.7. The van der Waals surface area contributed by atoms with E-state index in [0.29, 0.717) is 31.9 Å². The third-order valence-corrected chi connectivity index (χ3v) is 3.95. The predicted molar refractivity (Wildman–Crippen MR) is 81.9 cm³/mol. The zero-order valence-electron chi connectivity index (χ0n) is 12.7. The van der Waals surface area contributed by atoms with Crippen LogP contribution < -0.4 is 10.2 Å². The molecule has 0 saturated carbocycles. The first-order valence-electron chi connectivity index (χ1n) is 7.52. The monoisotopic (exact) mass is 336 g/mol. The van der Waals surface area contributed by atoms with Crippen molar-refractivity contribution in [2.24, 2.45) is 5.92 Å². The van der Waals surface area contributed by atoms with E-state index in [1.54, 1.807) is 18.5 Å². The highest BCUT2D eigenvalue weighted by molar-refractivity contribution is 5.92. The second-order valence-electron chi connectivity index (χ2n) is 5.55. The third-order valence-electron chi connectivity index (χ3n) is 3.95. The van der Waals surface area contributed by atoms with Crippen molar-refractivity contribution in [2.75, 3.05) is 23.3 Å². The van der Waals surface area contributed by atoms with Gasteiger partial charge >= 0.3 is 0 Å². The molecule has 0 bridgehead atoms. The number of aromatic nitrogens is 2. The van der Waals surface area contributed by atoms with Crippen molar-refractivity contribution in [1.29, 1.82) is 0 Å². The maximum atomic E-state index is 13.2. The van der Waals surface area contributed by atoms with E-state index in [1.165, 1.54) is 0 Å². The summed E-state index contributed by atoms with van der Waals surface area (Å²) in [6, 6.07) is 3.26. The number of rotatable bonds is 3. The molecule has 3 rings (SSSR count). The lowest BCUT2D eigenvalue weighted by molar-refractivity contribution is -0.120. The van der Waals surface area contributed by atoms with Crippen LogP contribution in [0.1, 0.15) is 12.8 Å². The van der Waals surface area contributed by atoms with Gasteiger partial charge in [-0.15, -0.1) is 0 Å². The summed E-state index contributed by atoms with van der Waals surface area (Å²) in [5, 5.41) is 2.44. The Morgan fingerprint density at radius 1 is 1.08 bits per heavy atom. The van der Waals surface area contributed by atoms with Gasteiger partial charge in [-0.3, -0.25) is 4.79 Å². The molecular formula is C16H15F3N4O. The number of hydrogen-bond acceptors (Lipinski definition) is 4. The highest BCUT2D eigenvalue weighted by atomic mass is 19.2. The number of benzene rings is 1. The SMILES string of the molecule is O=C(Nc1cc(F)c(F)c(F)c1)C1CCN(c2ncccn2)CC1. The Hall–Kier alpha value is -2.64. The van der Waals surface area contributed by atoms with E-state index >= 15 is 0 Å². The Morgan fingerprint density at radius 3 is 2.25 bits per heavy atom. The first-order valence-corrected chi connectivity index (χ1v) is 7.52. The van der Waals surface area contributed by atoms with Crippen molar-refractivity contribution in [3.63, 3.8) is 0 Å². The van der Waals surface area contributed by atoms with E-state index in [-0.39, 0.29) is 17.5 Å². The average molecular weight is 336 g/mol. The first-order chi connectivity index (χ1) is 11.5. The molecule has 1 aromatic carbocycles. The van der Waals surface area contributed by atoms with Gasteiger partial charge < -0.3 is 10.2 Å². The predicted octanol–water partition coefficient (Wildman–Crippen LogP) is 2.75. The third kappa shape index (κ3) is 3.47. The summed E-state index contributed by atoms with van der Waals surface area (Å²) in [7, 11) is 0. The second kappa shape index (κ2) is 6.86. The summed E-state index contributed by atoms with van der Waals surface area (Å²) in [6.07, 6.45) is 4.43. The Labute approximate surface area is 136 Å². The van der Waals surface area contributed by atoms with E-state index in [2.05, 4.69) is 15.3 Å². The van der Waals surface area contributed by atoms with Crippen LogP contribution in [0.2, 0.25) is 0 Å². The van der Waals surface area contributed by atoms with Gasteiger partial charge in [-0.05, 0) is 18.9 Å². The highest BCUT2D eigenvalue weighted by Crippen LogP contribution is 2.23. The molecule has 5 nitrogen and oxygen atoms in total. The Balaban J connectivity index is 1.59. The normalized spacial score (nSPS) is 15.4. The molecule has 0 unspecified atom stereocenters. The van der Waals surface area contributed by atoms with Crippen LogP contribution in [-0.2, 0) is 4.79 Å². The van der Waals surface area contributed by atoms with Crippen LogP contribution in [0.3, 0.4) is 0 Å². The van der Waals surface area contributed by atoms with Gasteiger partial charge in [0.2, 0.25) is 11.9 Å². The van der Waals surface area contributed by atoms with Crippen molar-refractivity contribution in [2.45, 2.75) is 12.8 Å². The average Bonchev–Trinajstić information content (AvgIpc) is 2.60. The van der Waals surface area contributed by atoms with E-state index in [1.807, 2.05) is 4.90 Å². The molecule has 0 aliphatic carbocycles. The standard InChI is InChI=1S/C16H15F3N4O/c17-12-8-11(9-13(18)14(12)19)22-15(24)10-2-6-23(7-3-10)16-20-4-1-5-21-16/h1,4-5,8-10H,2-3,6-7H2,(H,22,24). The van der Waals surface area contributed by atoms with Crippen LogP contribution in [0.4, 0.5) is 24.8 Å². The number of anilines is 2. The topological polar surface area (TPSA) is 58.1 Å². The number of nitrogens with one attached hydrogen (secondary N) is 1. The number of halogens is 3. The Morgan fingerprint density at radius 2 is 1.67 bits per heavy atom. The summed E-state index contributed by atoms with van der Waals surface area (Å²) < 4.78 is 39.3. The van der Waals surface area contributed by atoms with E-state index in [9.17, 15) is 18.0 Å². The van der Waals surface area contributed by atoms with Gasteiger partial charge in [-0.1, -0.05) is 0 Å². The molecule has 126 valence electrons. The molecule has 1 aliphatic rings. The van der Waals surface area contributed by atoms with Crippen LogP contribution in [-0.4, -0.2) is 29.0 Å². The molecule has 1 fully saturated rings. The fraction of sp³-hybridized carbons (Fsp3) is 0.312. The molecule has 1 N–H and O–H groups in total. The lowest BCUT2D eigenvalue weighted by Gasteiger charge is -2.31. The van der Waals surface area contributed by atoms with Crippen molar-refractivity contribution in [1.82, 2.24) is 9.97 Å². The molecule has 24 heavy (non-hydrogen) atoms. The maximum Gasteiger partial charge on any atom is 0.227 e. The molecule has 2 aromatic rings. The molecule has 1 aromatic heterocycles. The molecular weight excluding hydrogens is 321 g/mol. The van der Waals surface area contributed by atoms with E-state index in [4.69, 9.17) is 0 Å². The van der Waals surface area contributed by atoms with E-state index < -0.39 is 17.5 Å². The fourth-order valence-corrected chi connectivity index (χ4v) is 2.67. The number of carbonyl (C=O) groups is 1. The summed E-state index contributed by atoms with van der Waals surface area (Å²) in [5.41, 5.74) is -0.0924. The summed E-state index contributed by atoms with van der Waals surface area (Å²) in [6.45, 7) is 1.21. The van der Waals surface area contributed by atoms with Gasteiger partial charge in [-0.2, -0.15) is 0 Å². The van der Waals surface area contributed by atoms with Crippen molar-refractivity contribution in [3.05, 3.63) is 48.0 Å². The van der Waals surface area contributed by atoms with Gasteiger partial charge in [0.15, 0.2) is 17.5 Å². The quantitative estimate of drug-likeness (QED) is 0.876. The Kier molecular flexibility index (Phi) is 4.64. The summed E-state index contributed by atoms with van der Waals surface area (Å²) >= 11 is 0. The Bertz CT molecular complexity index is 710. The molecule has 0 atom stereocenters. The smallest absolute Gasteiger partial charge is 0.227 e. The van der Waals surface area contributed by atoms with Crippen LogP contribution in [0.25, 0.3) is 0 Å². The summed E-state index contributed by atoms with van der Waals surface area (Å²) in [5.74, 6) is -4.24. The van der Waals surface area contributed by atoms with Gasteiger partial charge in [0.05, 0.1) is 0 Å². The minimum atomic E-state index is -1.55. The summed E-state index contributed by atoms with van der Waals surface area (Å²) in [4.78, 5) is 22.5. The minimum absolute atomic E-state index is 0.0924. The second-order valence-corrected chi connectivity index (χ2v) is 5.55. The van der Waals surface area contributed by atoms with Gasteiger partial charge in [0, 0.05) is 49.2 Å². The largest absolute Gasteiger partial charge is 0.341 e.